The first-order chi connectivity index (χ1) is 11.9. The summed E-state index contributed by atoms with van der Waals surface area (Å²) in [5.74, 6) is 0.850. The minimum atomic E-state index is -3.33. The van der Waals surface area contributed by atoms with Crippen LogP contribution < -0.4 is 10.0 Å². The number of fused-ring (bicyclic) bond motifs is 2. The minimum absolute atomic E-state index is 0.0158. The normalized spacial score (nSPS) is 17.5. The number of sulfonamides is 1. The van der Waals surface area contributed by atoms with Gasteiger partial charge in [0.25, 0.3) is 0 Å². The first kappa shape index (κ1) is 16.4. The average Bonchev–Trinajstić information content (AvgIpc) is 3.15. The van der Waals surface area contributed by atoms with Crippen LogP contribution in [0.3, 0.4) is 0 Å². The standard InChI is InChI=1S/C18H18ClN3O2S/c1-25(23,24)22-13-6-4-5-12(9-13)14-10-20-17-15(16(14)19)18(11-21-17)7-2-3-8-18/h2-6,9-10,22H,7-8,11H2,1H3,(H,20,21). The third kappa shape index (κ3) is 2.89. The van der Waals surface area contributed by atoms with Gasteiger partial charge in [-0.3, -0.25) is 4.72 Å². The van der Waals surface area contributed by atoms with E-state index in [1.807, 2.05) is 6.07 Å². The summed E-state index contributed by atoms with van der Waals surface area (Å²) in [4.78, 5) is 4.56. The van der Waals surface area contributed by atoms with Gasteiger partial charge in [-0.25, -0.2) is 13.4 Å². The van der Waals surface area contributed by atoms with Crippen LogP contribution in [0.4, 0.5) is 11.5 Å². The Morgan fingerprint density at radius 2 is 2.04 bits per heavy atom. The van der Waals surface area contributed by atoms with Gasteiger partial charge in [0.2, 0.25) is 10.0 Å². The molecule has 1 aromatic carbocycles. The molecule has 0 amide bonds. The van der Waals surface area contributed by atoms with Gasteiger partial charge >= 0.3 is 0 Å². The predicted molar refractivity (Wildman–Crippen MR) is 102 cm³/mol. The second-order valence-corrected chi connectivity index (χ2v) is 8.80. The third-order valence-electron chi connectivity index (χ3n) is 4.80. The van der Waals surface area contributed by atoms with Crippen molar-refractivity contribution in [2.75, 3.05) is 22.8 Å². The molecule has 4 rings (SSSR count). The zero-order valence-electron chi connectivity index (χ0n) is 13.7. The van der Waals surface area contributed by atoms with E-state index in [4.69, 9.17) is 11.6 Å². The summed E-state index contributed by atoms with van der Waals surface area (Å²) < 4.78 is 25.4. The minimum Gasteiger partial charge on any atom is -0.369 e. The lowest BCUT2D eigenvalue weighted by atomic mass is 9.80. The van der Waals surface area contributed by atoms with Crippen LogP contribution >= 0.6 is 11.6 Å². The van der Waals surface area contributed by atoms with Crippen LogP contribution in [0, 0.1) is 0 Å². The number of benzene rings is 1. The van der Waals surface area contributed by atoms with E-state index >= 15 is 0 Å². The number of hydrogen-bond acceptors (Lipinski definition) is 4. The Labute approximate surface area is 152 Å². The fraction of sp³-hybridized carbons (Fsp3) is 0.278. The largest absolute Gasteiger partial charge is 0.369 e. The number of aromatic nitrogens is 1. The number of pyridine rings is 1. The first-order valence-electron chi connectivity index (χ1n) is 8.04. The van der Waals surface area contributed by atoms with Gasteiger partial charge in [-0.05, 0) is 30.5 Å². The molecule has 1 aliphatic heterocycles. The van der Waals surface area contributed by atoms with Crippen molar-refractivity contribution in [1.82, 2.24) is 4.98 Å². The van der Waals surface area contributed by atoms with Crippen LogP contribution in [0.5, 0.6) is 0 Å². The molecule has 0 fully saturated rings. The third-order valence-corrected chi connectivity index (χ3v) is 5.80. The molecule has 1 aliphatic carbocycles. The SMILES string of the molecule is CS(=O)(=O)Nc1cccc(-c2cnc3c(c2Cl)C2(CC=CC2)CN3)c1. The molecule has 5 nitrogen and oxygen atoms in total. The highest BCUT2D eigenvalue weighted by atomic mass is 35.5. The number of nitrogens with one attached hydrogen (secondary N) is 2. The summed E-state index contributed by atoms with van der Waals surface area (Å²) in [6.07, 6.45) is 9.16. The molecule has 0 radical (unpaired) electrons. The van der Waals surface area contributed by atoms with Crippen molar-refractivity contribution in [3.05, 3.63) is 53.2 Å². The quantitative estimate of drug-likeness (QED) is 0.801. The highest BCUT2D eigenvalue weighted by Crippen LogP contribution is 2.49. The topological polar surface area (TPSA) is 71.1 Å². The molecule has 2 aromatic rings. The molecule has 2 aliphatic rings. The number of hydrogen-bond donors (Lipinski definition) is 2. The number of anilines is 2. The first-order valence-corrected chi connectivity index (χ1v) is 10.3. The lowest BCUT2D eigenvalue weighted by molar-refractivity contribution is 0.509. The van der Waals surface area contributed by atoms with Crippen molar-refractivity contribution in [1.29, 1.82) is 0 Å². The van der Waals surface area contributed by atoms with Crippen molar-refractivity contribution in [3.8, 4) is 11.1 Å². The van der Waals surface area contributed by atoms with Gasteiger partial charge in [0.1, 0.15) is 5.82 Å². The van der Waals surface area contributed by atoms with Crippen LogP contribution in [-0.2, 0) is 15.4 Å². The van der Waals surface area contributed by atoms with Crippen molar-refractivity contribution in [2.24, 2.45) is 0 Å². The molecule has 0 bridgehead atoms. The van der Waals surface area contributed by atoms with E-state index in [1.165, 1.54) is 0 Å². The highest BCUT2D eigenvalue weighted by molar-refractivity contribution is 7.92. The maximum atomic E-state index is 11.5. The van der Waals surface area contributed by atoms with Gasteiger partial charge in [-0.15, -0.1) is 0 Å². The fourth-order valence-corrected chi connectivity index (χ4v) is 4.67. The summed E-state index contributed by atoms with van der Waals surface area (Å²) >= 11 is 6.80. The Morgan fingerprint density at radius 3 is 2.76 bits per heavy atom. The predicted octanol–water partition coefficient (Wildman–Crippen LogP) is 3.79. The number of halogens is 1. The zero-order chi connectivity index (χ0) is 17.7. The van der Waals surface area contributed by atoms with E-state index < -0.39 is 10.0 Å². The highest BCUT2D eigenvalue weighted by Gasteiger charge is 2.42. The fourth-order valence-electron chi connectivity index (χ4n) is 3.66. The van der Waals surface area contributed by atoms with Crippen LogP contribution in [0.25, 0.3) is 11.1 Å². The van der Waals surface area contributed by atoms with Crippen LogP contribution in [0.2, 0.25) is 5.02 Å². The van der Waals surface area contributed by atoms with Crippen LogP contribution in [0.15, 0.2) is 42.6 Å². The maximum absolute atomic E-state index is 11.5. The average molecular weight is 376 g/mol. The molecule has 7 heteroatoms. The molecular formula is C18H18ClN3O2S. The van der Waals surface area contributed by atoms with Crippen molar-refractivity contribution < 1.29 is 8.42 Å². The second kappa shape index (κ2) is 5.75. The number of nitrogens with zero attached hydrogens (tertiary/aromatic N) is 1. The molecule has 0 saturated carbocycles. The van der Waals surface area contributed by atoms with Gasteiger partial charge in [0.05, 0.1) is 11.3 Å². The Bertz CT molecular complexity index is 978. The van der Waals surface area contributed by atoms with E-state index in [0.717, 1.165) is 48.2 Å². The van der Waals surface area contributed by atoms with Gasteiger partial charge in [0, 0.05) is 35.0 Å². The number of allylic oxidation sites excluding steroid dienone is 2. The van der Waals surface area contributed by atoms with Gasteiger partial charge in [-0.2, -0.15) is 0 Å². The Kier molecular flexibility index (Phi) is 3.77. The van der Waals surface area contributed by atoms with Gasteiger partial charge < -0.3 is 5.32 Å². The lowest BCUT2D eigenvalue weighted by Gasteiger charge is -2.24. The van der Waals surface area contributed by atoms with Crippen molar-refractivity contribution in [3.63, 3.8) is 0 Å². The summed E-state index contributed by atoms with van der Waals surface area (Å²) in [5, 5.41) is 4.06. The molecule has 0 saturated heterocycles. The summed E-state index contributed by atoms with van der Waals surface area (Å²) in [6.45, 7) is 0.835. The second-order valence-electron chi connectivity index (χ2n) is 6.68. The molecule has 2 heterocycles. The molecular weight excluding hydrogens is 358 g/mol. The van der Waals surface area contributed by atoms with Crippen molar-refractivity contribution >= 4 is 33.1 Å². The molecule has 1 spiro atoms. The van der Waals surface area contributed by atoms with E-state index in [0.29, 0.717) is 10.7 Å². The Morgan fingerprint density at radius 1 is 1.28 bits per heavy atom. The van der Waals surface area contributed by atoms with E-state index in [9.17, 15) is 8.42 Å². The molecule has 25 heavy (non-hydrogen) atoms. The van der Waals surface area contributed by atoms with Crippen LogP contribution in [0.1, 0.15) is 18.4 Å². The van der Waals surface area contributed by atoms with E-state index in [2.05, 4.69) is 27.2 Å². The summed E-state index contributed by atoms with van der Waals surface area (Å²) in [6, 6.07) is 7.20. The Balaban J connectivity index is 1.79. The van der Waals surface area contributed by atoms with Gasteiger partial charge in [0.15, 0.2) is 0 Å². The molecule has 1 aromatic heterocycles. The van der Waals surface area contributed by atoms with Crippen molar-refractivity contribution in [2.45, 2.75) is 18.3 Å². The van der Waals surface area contributed by atoms with E-state index in [1.54, 1.807) is 24.4 Å². The molecule has 2 N–H and O–H groups in total. The van der Waals surface area contributed by atoms with Crippen LogP contribution in [-0.4, -0.2) is 26.2 Å². The zero-order valence-corrected chi connectivity index (χ0v) is 15.3. The summed E-state index contributed by atoms with van der Waals surface area (Å²) in [7, 11) is -3.33. The summed E-state index contributed by atoms with van der Waals surface area (Å²) in [5.41, 5.74) is 3.21. The molecule has 0 atom stereocenters. The Hall–Kier alpha value is -2.05. The monoisotopic (exact) mass is 375 g/mol. The molecule has 0 unspecified atom stereocenters. The smallest absolute Gasteiger partial charge is 0.229 e. The van der Waals surface area contributed by atoms with Gasteiger partial charge in [-0.1, -0.05) is 35.9 Å². The van der Waals surface area contributed by atoms with E-state index in [-0.39, 0.29) is 5.41 Å². The molecule has 130 valence electrons. The number of rotatable bonds is 3. The lowest BCUT2D eigenvalue weighted by Crippen LogP contribution is -2.25. The maximum Gasteiger partial charge on any atom is 0.229 e.